The van der Waals surface area contributed by atoms with E-state index in [9.17, 15) is 9.59 Å². The Morgan fingerprint density at radius 3 is 2.68 bits per heavy atom. The number of hydrogen-bond acceptors (Lipinski definition) is 3. The van der Waals surface area contributed by atoms with Gasteiger partial charge in [-0.1, -0.05) is 6.42 Å². The molecule has 1 aliphatic rings. The second-order valence-electron chi connectivity index (χ2n) is 6.00. The van der Waals surface area contributed by atoms with Crippen LogP contribution < -0.4 is 5.32 Å². The summed E-state index contributed by atoms with van der Waals surface area (Å²) in [6.45, 7) is 9.17. The first-order chi connectivity index (χ1) is 8.83. The molecule has 1 N–H and O–H groups in total. The molecule has 110 valence electrons. The highest BCUT2D eigenvalue weighted by molar-refractivity contribution is 5.79. The van der Waals surface area contributed by atoms with E-state index in [1.807, 2.05) is 27.7 Å². The molecule has 2 amide bonds. The molecule has 0 aromatic heterocycles. The van der Waals surface area contributed by atoms with Gasteiger partial charge in [-0.2, -0.15) is 0 Å². The summed E-state index contributed by atoms with van der Waals surface area (Å²) < 4.78 is 5.35. The lowest BCUT2D eigenvalue weighted by atomic mass is 10.0. The lowest BCUT2D eigenvalue weighted by Gasteiger charge is -2.28. The summed E-state index contributed by atoms with van der Waals surface area (Å²) in [7, 11) is 0. The minimum Gasteiger partial charge on any atom is -0.444 e. The summed E-state index contributed by atoms with van der Waals surface area (Å²) in [5, 5.41) is 2.89. The summed E-state index contributed by atoms with van der Waals surface area (Å²) in [6, 6.07) is 0. The monoisotopic (exact) mass is 270 g/mol. The van der Waals surface area contributed by atoms with Gasteiger partial charge in [-0.05, 0) is 40.5 Å². The third-order valence-electron chi connectivity index (χ3n) is 3.12. The first-order valence-electron chi connectivity index (χ1n) is 7.09. The highest BCUT2D eigenvalue weighted by atomic mass is 16.6. The third kappa shape index (κ3) is 5.49. The van der Waals surface area contributed by atoms with E-state index in [4.69, 9.17) is 4.74 Å². The number of hydrogen-bond donors (Lipinski definition) is 1. The quantitative estimate of drug-likeness (QED) is 0.855. The Morgan fingerprint density at radius 2 is 2.11 bits per heavy atom. The van der Waals surface area contributed by atoms with Crippen molar-refractivity contribution >= 4 is 12.0 Å². The first-order valence-corrected chi connectivity index (χ1v) is 7.09. The van der Waals surface area contributed by atoms with Crippen LogP contribution in [0, 0.1) is 5.92 Å². The molecule has 1 aliphatic heterocycles. The number of amides is 2. The van der Waals surface area contributed by atoms with E-state index in [1.54, 1.807) is 4.90 Å². The smallest absolute Gasteiger partial charge is 0.410 e. The van der Waals surface area contributed by atoms with Crippen LogP contribution in [-0.4, -0.2) is 42.1 Å². The SMILES string of the molecule is CCN(CC1CCCCNC1=O)C(=O)OC(C)(C)C. The summed E-state index contributed by atoms with van der Waals surface area (Å²) in [6.07, 6.45) is 2.54. The van der Waals surface area contributed by atoms with Crippen LogP contribution in [0.4, 0.5) is 4.79 Å². The zero-order valence-electron chi connectivity index (χ0n) is 12.5. The largest absolute Gasteiger partial charge is 0.444 e. The van der Waals surface area contributed by atoms with Gasteiger partial charge >= 0.3 is 6.09 Å². The van der Waals surface area contributed by atoms with Gasteiger partial charge in [0, 0.05) is 19.6 Å². The second kappa shape index (κ2) is 6.78. The van der Waals surface area contributed by atoms with Crippen LogP contribution in [0.1, 0.15) is 47.0 Å². The summed E-state index contributed by atoms with van der Waals surface area (Å²) >= 11 is 0. The van der Waals surface area contributed by atoms with Crippen LogP contribution in [0.15, 0.2) is 0 Å². The molecule has 0 aromatic carbocycles. The highest BCUT2D eigenvalue weighted by Crippen LogP contribution is 2.16. The van der Waals surface area contributed by atoms with E-state index < -0.39 is 5.60 Å². The van der Waals surface area contributed by atoms with E-state index >= 15 is 0 Å². The fraction of sp³-hybridized carbons (Fsp3) is 0.857. The zero-order valence-corrected chi connectivity index (χ0v) is 12.5. The number of carbonyl (C=O) groups excluding carboxylic acids is 2. The molecule has 0 spiro atoms. The molecule has 5 heteroatoms. The van der Waals surface area contributed by atoms with Crippen molar-refractivity contribution in [2.45, 2.75) is 52.6 Å². The Hall–Kier alpha value is -1.26. The molecule has 1 fully saturated rings. The van der Waals surface area contributed by atoms with Gasteiger partial charge in [0.1, 0.15) is 5.60 Å². The molecule has 1 saturated heterocycles. The average molecular weight is 270 g/mol. The molecule has 1 unspecified atom stereocenters. The zero-order chi connectivity index (χ0) is 14.5. The normalized spacial score (nSPS) is 20.4. The molecule has 0 saturated carbocycles. The number of carbonyl (C=O) groups is 2. The standard InChI is InChI=1S/C14H26N2O3/c1-5-16(13(18)19-14(2,3)4)10-11-8-6-7-9-15-12(11)17/h11H,5-10H2,1-4H3,(H,15,17). The lowest BCUT2D eigenvalue weighted by molar-refractivity contribution is -0.125. The number of ether oxygens (including phenoxy) is 1. The van der Waals surface area contributed by atoms with Crippen molar-refractivity contribution in [3.05, 3.63) is 0 Å². The average Bonchev–Trinajstić information content (AvgIpc) is 2.48. The lowest BCUT2D eigenvalue weighted by Crippen LogP contribution is -2.43. The fourth-order valence-electron chi connectivity index (χ4n) is 2.10. The van der Waals surface area contributed by atoms with Gasteiger partial charge in [0.2, 0.25) is 5.91 Å². The molecule has 0 aromatic rings. The Kier molecular flexibility index (Phi) is 5.63. The van der Waals surface area contributed by atoms with Gasteiger partial charge in [0.15, 0.2) is 0 Å². The predicted molar refractivity (Wildman–Crippen MR) is 73.8 cm³/mol. The van der Waals surface area contributed by atoms with Gasteiger partial charge in [-0.25, -0.2) is 4.79 Å². The van der Waals surface area contributed by atoms with E-state index in [1.165, 1.54) is 0 Å². The van der Waals surface area contributed by atoms with E-state index in [-0.39, 0.29) is 17.9 Å². The van der Waals surface area contributed by atoms with Gasteiger partial charge in [0.05, 0.1) is 5.92 Å². The van der Waals surface area contributed by atoms with Gasteiger partial charge in [-0.3, -0.25) is 4.79 Å². The Labute approximate surface area is 115 Å². The molecule has 1 atom stereocenters. The first kappa shape index (κ1) is 15.8. The summed E-state index contributed by atoms with van der Waals surface area (Å²) in [4.78, 5) is 25.5. The van der Waals surface area contributed by atoms with E-state index in [0.717, 1.165) is 25.8 Å². The van der Waals surface area contributed by atoms with Crippen molar-refractivity contribution in [3.63, 3.8) is 0 Å². The minimum absolute atomic E-state index is 0.0551. The maximum Gasteiger partial charge on any atom is 0.410 e. The van der Waals surface area contributed by atoms with Gasteiger partial charge in [-0.15, -0.1) is 0 Å². The topological polar surface area (TPSA) is 58.6 Å². The van der Waals surface area contributed by atoms with Crippen LogP contribution in [-0.2, 0) is 9.53 Å². The molecular weight excluding hydrogens is 244 g/mol. The molecule has 1 heterocycles. The van der Waals surface area contributed by atoms with Crippen molar-refractivity contribution in [2.75, 3.05) is 19.6 Å². The van der Waals surface area contributed by atoms with E-state index in [0.29, 0.717) is 13.1 Å². The summed E-state index contributed by atoms with van der Waals surface area (Å²) in [5.74, 6) is -0.0607. The number of nitrogens with one attached hydrogen (secondary N) is 1. The van der Waals surface area contributed by atoms with Crippen molar-refractivity contribution < 1.29 is 14.3 Å². The third-order valence-corrected chi connectivity index (χ3v) is 3.12. The van der Waals surface area contributed by atoms with Crippen LogP contribution in [0.2, 0.25) is 0 Å². The Balaban J connectivity index is 2.59. The van der Waals surface area contributed by atoms with E-state index in [2.05, 4.69) is 5.32 Å². The van der Waals surface area contributed by atoms with Crippen molar-refractivity contribution in [1.82, 2.24) is 10.2 Å². The van der Waals surface area contributed by atoms with Crippen LogP contribution in [0.25, 0.3) is 0 Å². The summed E-state index contributed by atoms with van der Waals surface area (Å²) in [5.41, 5.74) is -0.504. The van der Waals surface area contributed by atoms with Crippen LogP contribution in [0.3, 0.4) is 0 Å². The molecule has 19 heavy (non-hydrogen) atoms. The molecule has 0 bridgehead atoms. The van der Waals surface area contributed by atoms with Crippen LogP contribution >= 0.6 is 0 Å². The van der Waals surface area contributed by atoms with Crippen LogP contribution in [0.5, 0.6) is 0 Å². The molecule has 0 radical (unpaired) electrons. The Morgan fingerprint density at radius 1 is 1.42 bits per heavy atom. The fourth-order valence-corrected chi connectivity index (χ4v) is 2.10. The molecular formula is C14H26N2O3. The van der Waals surface area contributed by atoms with Gasteiger partial charge in [0.25, 0.3) is 0 Å². The van der Waals surface area contributed by atoms with Crippen molar-refractivity contribution in [2.24, 2.45) is 5.92 Å². The minimum atomic E-state index is -0.504. The highest BCUT2D eigenvalue weighted by Gasteiger charge is 2.27. The molecule has 1 rings (SSSR count). The number of nitrogens with zero attached hydrogens (tertiary/aromatic N) is 1. The Bertz CT molecular complexity index is 323. The van der Waals surface area contributed by atoms with Crippen molar-refractivity contribution in [1.29, 1.82) is 0 Å². The van der Waals surface area contributed by atoms with Crippen molar-refractivity contribution in [3.8, 4) is 0 Å². The maximum absolute atomic E-state index is 12.0. The second-order valence-corrected chi connectivity index (χ2v) is 6.00. The maximum atomic E-state index is 12.0. The number of rotatable bonds is 3. The molecule has 5 nitrogen and oxygen atoms in total. The van der Waals surface area contributed by atoms with Gasteiger partial charge < -0.3 is 15.0 Å². The predicted octanol–water partition coefficient (Wildman–Crippen LogP) is 2.16. The molecule has 0 aliphatic carbocycles.